The highest BCUT2D eigenvalue weighted by molar-refractivity contribution is 6.17. The monoisotopic (exact) mass is 337 g/mol. The molecule has 25 heavy (non-hydrogen) atoms. The molecule has 0 radical (unpaired) electrons. The maximum absolute atomic E-state index is 11.2. The number of nitrogens with one attached hydrogen (secondary N) is 1. The minimum Gasteiger partial charge on any atom is -0.412 e. The first-order valence-corrected chi connectivity index (χ1v) is 7.31. The van der Waals surface area contributed by atoms with Gasteiger partial charge >= 0.3 is 0 Å². The summed E-state index contributed by atoms with van der Waals surface area (Å²) >= 11 is 0. The van der Waals surface area contributed by atoms with Gasteiger partial charge < -0.3 is 28.0 Å². The Labute approximate surface area is 144 Å². The third-order valence-corrected chi connectivity index (χ3v) is 3.47. The molecule has 0 heterocycles. The van der Waals surface area contributed by atoms with Gasteiger partial charge in [-0.3, -0.25) is 4.79 Å². The molecule has 0 amide bonds. The van der Waals surface area contributed by atoms with E-state index < -0.39 is 0 Å². The van der Waals surface area contributed by atoms with Crippen LogP contribution in [0.5, 0.6) is 0 Å². The maximum Gasteiger partial charge on any atom is 0.178 e. The summed E-state index contributed by atoms with van der Waals surface area (Å²) in [6.45, 7) is 0. The highest BCUT2D eigenvalue weighted by Crippen LogP contribution is 2.33. The Hall–Kier alpha value is -3.58. The number of aliphatic imine (C=N–C) groups is 1. The molecular formula is C18H19N5O2. The number of benzene rings is 2. The van der Waals surface area contributed by atoms with Crippen LogP contribution in [-0.4, -0.2) is 17.0 Å². The average molecular weight is 337 g/mol. The number of carbonyl (C=O) groups is 1. The largest absolute Gasteiger partial charge is 0.412 e. The first-order chi connectivity index (χ1) is 11.5. The highest BCUT2D eigenvalue weighted by Gasteiger charge is 2.08. The van der Waals surface area contributed by atoms with Crippen molar-refractivity contribution in [1.29, 1.82) is 0 Å². The molecule has 0 unspecified atom stereocenters. The van der Waals surface area contributed by atoms with Gasteiger partial charge in [0.25, 0.3) is 0 Å². The van der Waals surface area contributed by atoms with Gasteiger partial charge in [0.1, 0.15) is 0 Å². The molecule has 3 rings (SSSR count). The zero-order valence-corrected chi connectivity index (χ0v) is 13.4. The lowest BCUT2D eigenvalue weighted by molar-refractivity contribution is -0.110. The number of anilines is 5. The summed E-state index contributed by atoms with van der Waals surface area (Å²) in [4.78, 5) is 15.6. The van der Waals surface area contributed by atoms with E-state index in [2.05, 4.69) is 10.3 Å². The molecule has 9 N–H and O–H groups in total. The molecular weight excluding hydrogens is 318 g/mol. The summed E-state index contributed by atoms with van der Waals surface area (Å²) in [6, 6.07) is 10.7. The van der Waals surface area contributed by atoms with E-state index in [0.29, 0.717) is 34.1 Å². The second kappa shape index (κ2) is 7.33. The molecule has 0 aromatic heterocycles. The summed E-state index contributed by atoms with van der Waals surface area (Å²) in [6.07, 6.45) is 6.20. The summed E-state index contributed by atoms with van der Waals surface area (Å²) in [5.74, 6) is -0.0649. The molecule has 0 saturated carbocycles. The second-order valence-corrected chi connectivity index (χ2v) is 5.35. The number of nitrogens with two attached hydrogens (primary N) is 3. The number of carbonyl (C=O) groups excluding carboxylic acids is 1. The van der Waals surface area contributed by atoms with Crippen molar-refractivity contribution >= 4 is 45.6 Å². The SMILES string of the molecule is Nc1ccc(Nc2cc(N=C3C=CC(=O)C=C3)c(N)cc2N)cc1.O. The van der Waals surface area contributed by atoms with E-state index in [1.165, 1.54) is 12.2 Å². The van der Waals surface area contributed by atoms with Crippen LogP contribution < -0.4 is 22.5 Å². The summed E-state index contributed by atoms with van der Waals surface area (Å²) < 4.78 is 0. The fourth-order valence-electron chi connectivity index (χ4n) is 2.21. The van der Waals surface area contributed by atoms with E-state index >= 15 is 0 Å². The molecule has 0 saturated heterocycles. The molecule has 0 spiro atoms. The van der Waals surface area contributed by atoms with E-state index in [0.717, 1.165) is 5.69 Å². The molecule has 0 bridgehead atoms. The molecule has 2 aromatic carbocycles. The van der Waals surface area contributed by atoms with Crippen LogP contribution in [0.4, 0.5) is 34.1 Å². The predicted octanol–water partition coefficient (Wildman–Crippen LogP) is 2.12. The van der Waals surface area contributed by atoms with Crippen LogP contribution in [0.3, 0.4) is 0 Å². The van der Waals surface area contributed by atoms with E-state index in [1.807, 2.05) is 12.1 Å². The third kappa shape index (κ3) is 4.24. The summed E-state index contributed by atoms with van der Waals surface area (Å²) in [5.41, 5.74) is 22.1. The molecule has 128 valence electrons. The molecule has 0 aliphatic heterocycles. The zero-order valence-electron chi connectivity index (χ0n) is 13.4. The van der Waals surface area contributed by atoms with Crippen molar-refractivity contribution in [2.24, 2.45) is 4.99 Å². The topological polar surface area (TPSA) is 151 Å². The van der Waals surface area contributed by atoms with Crippen LogP contribution >= 0.6 is 0 Å². The van der Waals surface area contributed by atoms with Gasteiger partial charge in [0.15, 0.2) is 5.78 Å². The first kappa shape index (κ1) is 17.8. The Bertz CT molecular complexity index is 865. The summed E-state index contributed by atoms with van der Waals surface area (Å²) in [5, 5.41) is 3.22. The third-order valence-electron chi connectivity index (χ3n) is 3.47. The van der Waals surface area contributed by atoms with Gasteiger partial charge in [-0.05, 0) is 60.7 Å². The number of hydrogen-bond donors (Lipinski definition) is 4. The van der Waals surface area contributed by atoms with E-state index in [1.54, 1.807) is 36.4 Å². The van der Waals surface area contributed by atoms with E-state index in [-0.39, 0.29) is 11.3 Å². The van der Waals surface area contributed by atoms with Gasteiger partial charge in [0, 0.05) is 11.4 Å². The maximum atomic E-state index is 11.2. The Morgan fingerprint density at radius 3 is 2.12 bits per heavy atom. The number of ketones is 1. The Morgan fingerprint density at radius 1 is 0.840 bits per heavy atom. The Balaban J connectivity index is 0.00000225. The number of hydrogen-bond acceptors (Lipinski definition) is 6. The standard InChI is InChI=1S/C18H17N5O.H2O/c19-11-1-3-12(4-2-11)22-17-10-18(16(21)9-15(17)20)23-13-5-7-14(24)8-6-13;/h1-10,22H,19-21H2;1H2. The highest BCUT2D eigenvalue weighted by atomic mass is 16.1. The van der Waals surface area contributed by atoms with Gasteiger partial charge in [0.05, 0.1) is 28.5 Å². The van der Waals surface area contributed by atoms with E-state index in [9.17, 15) is 4.79 Å². The van der Waals surface area contributed by atoms with Crippen molar-refractivity contribution in [2.45, 2.75) is 0 Å². The number of allylic oxidation sites excluding steroid dienone is 4. The molecule has 7 nitrogen and oxygen atoms in total. The quantitative estimate of drug-likeness (QED) is 0.499. The molecule has 7 heteroatoms. The lowest BCUT2D eigenvalue weighted by Crippen LogP contribution is -2.01. The van der Waals surface area contributed by atoms with Crippen molar-refractivity contribution < 1.29 is 10.3 Å². The molecule has 0 fully saturated rings. The van der Waals surface area contributed by atoms with Gasteiger partial charge in [-0.25, -0.2) is 4.99 Å². The van der Waals surface area contributed by atoms with Gasteiger partial charge in [0.2, 0.25) is 0 Å². The number of nitrogens with zero attached hydrogens (tertiary/aromatic N) is 1. The van der Waals surface area contributed by atoms with Crippen LogP contribution in [0.15, 0.2) is 65.7 Å². The minimum absolute atomic E-state index is 0. The molecule has 2 aromatic rings. The zero-order chi connectivity index (χ0) is 17.1. The number of nitrogen functional groups attached to an aromatic ring is 3. The molecule has 1 aliphatic rings. The van der Waals surface area contributed by atoms with E-state index in [4.69, 9.17) is 17.2 Å². The van der Waals surface area contributed by atoms with Crippen LogP contribution in [0.25, 0.3) is 0 Å². The van der Waals surface area contributed by atoms with Crippen molar-refractivity contribution in [2.75, 3.05) is 22.5 Å². The van der Waals surface area contributed by atoms with Crippen LogP contribution in [-0.2, 0) is 4.79 Å². The van der Waals surface area contributed by atoms with Crippen LogP contribution in [0, 0.1) is 0 Å². The lowest BCUT2D eigenvalue weighted by Gasteiger charge is -2.12. The van der Waals surface area contributed by atoms with Gasteiger partial charge in [-0.2, -0.15) is 0 Å². The van der Waals surface area contributed by atoms with Crippen LogP contribution in [0.2, 0.25) is 0 Å². The van der Waals surface area contributed by atoms with Crippen molar-refractivity contribution in [1.82, 2.24) is 0 Å². The van der Waals surface area contributed by atoms with Crippen molar-refractivity contribution in [3.05, 3.63) is 60.7 Å². The Morgan fingerprint density at radius 2 is 1.48 bits per heavy atom. The molecule has 1 aliphatic carbocycles. The normalized spacial score (nSPS) is 12.6. The van der Waals surface area contributed by atoms with Gasteiger partial charge in [-0.15, -0.1) is 0 Å². The summed E-state index contributed by atoms with van der Waals surface area (Å²) in [7, 11) is 0. The average Bonchev–Trinajstić information content (AvgIpc) is 2.56. The fourth-order valence-corrected chi connectivity index (χ4v) is 2.21. The fraction of sp³-hybridized carbons (Fsp3) is 0. The number of rotatable bonds is 3. The smallest absolute Gasteiger partial charge is 0.178 e. The Kier molecular flexibility index (Phi) is 5.21. The van der Waals surface area contributed by atoms with Crippen LogP contribution in [0.1, 0.15) is 0 Å². The van der Waals surface area contributed by atoms with Crippen molar-refractivity contribution in [3.8, 4) is 0 Å². The molecule has 0 atom stereocenters. The predicted molar refractivity (Wildman–Crippen MR) is 103 cm³/mol. The lowest BCUT2D eigenvalue weighted by atomic mass is 10.1. The van der Waals surface area contributed by atoms with Gasteiger partial charge in [-0.1, -0.05) is 0 Å². The second-order valence-electron chi connectivity index (χ2n) is 5.35. The first-order valence-electron chi connectivity index (χ1n) is 7.31. The minimum atomic E-state index is -0.0649. The van der Waals surface area contributed by atoms with Crippen molar-refractivity contribution in [3.63, 3.8) is 0 Å².